The van der Waals surface area contributed by atoms with E-state index in [9.17, 15) is 4.79 Å². The van der Waals surface area contributed by atoms with Crippen molar-refractivity contribution < 1.29 is 9.53 Å². The molecule has 1 rings (SSSR count). The first-order chi connectivity index (χ1) is 4.70. The van der Waals surface area contributed by atoms with Gasteiger partial charge in [-0.25, -0.2) is 0 Å². The van der Waals surface area contributed by atoms with Crippen molar-refractivity contribution in [2.45, 2.75) is 30.2 Å². The highest BCUT2D eigenvalue weighted by Crippen LogP contribution is 2.27. The van der Waals surface area contributed by atoms with Crippen LogP contribution in [0.4, 0.5) is 0 Å². The van der Waals surface area contributed by atoms with Crippen LogP contribution >= 0.6 is 15.9 Å². The zero-order valence-electron chi connectivity index (χ0n) is 5.68. The molecule has 0 bridgehead atoms. The molecule has 1 aliphatic carbocycles. The molecule has 2 atom stereocenters. The first kappa shape index (κ1) is 8.05. The summed E-state index contributed by atoms with van der Waals surface area (Å²) in [5, 5.41) is 0. The molecule has 0 saturated heterocycles. The van der Waals surface area contributed by atoms with Gasteiger partial charge in [0.05, 0.1) is 11.8 Å². The van der Waals surface area contributed by atoms with Crippen LogP contribution in [0.2, 0.25) is 0 Å². The third-order valence-corrected chi connectivity index (χ3v) is 2.70. The van der Waals surface area contributed by atoms with Crippen molar-refractivity contribution in [2.24, 2.45) is 0 Å². The third-order valence-electron chi connectivity index (χ3n) is 1.65. The summed E-state index contributed by atoms with van der Waals surface area (Å²) >= 11 is 3.43. The van der Waals surface area contributed by atoms with Crippen molar-refractivity contribution in [3.8, 4) is 0 Å². The summed E-state index contributed by atoms with van der Waals surface area (Å²) in [6.07, 6.45) is 3.26. The van der Waals surface area contributed by atoms with E-state index in [1.165, 1.54) is 0 Å². The van der Waals surface area contributed by atoms with Gasteiger partial charge in [0.25, 0.3) is 0 Å². The first-order valence-electron chi connectivity index (χ1n) is 3.37. The highest BCUT2D eigenvalue weighted by atomic mass is 79.9. The second-order valence-corrected chi connectivity index (χ2v) is 3.65. The number of ether oxygens (including phenoxy) is 1. The number of hydrogen-bond donors (Lipinski definition) is 0. The van der Waals surface area contributed by atoms with E-state index < -0.39 is 5.97 Å². The van der Waals surface area contributed by atoms with E-state index in [1.54, 1.807) is 0 Å². The molecule has 0 aliphatic heterocycles. The van der Waals surface area contributed by atoms with Gasteiger partial charge < -0.3 is 4.74 Å². The van der Waals surface area contributed by atoms with Gasteiger partial charge in [0.1, 0.15) is 6.10 Å². The Morgan fingerprint density at radius 1 is 1.60 bits per heavy atom. The Labute approximate surface area is 69.1 Å². The second kappa shape index (κ2) is 3.37. The minimum absolute atomic E-state index is 0.0602. The van der Waals surface area contributed by atoms with Gasteiger partial charge in [-0.2, -0.15) is 0 Å². The zero-order valence-corrected chi connectivity index (χ0v) is 7.26. The predicted molar refractivity (Wildman–Crippen MR) is 41.8 cm³/mol. The fourth-order valence-electron chi connectivity index (χ4n) is 1.18. The van der Waals surface area contributed by atoms with Crippen LogP contribution in [0.1, 0.15) is 19.3 Å². The van der Waals surface area contributed by atoms with Gasteiger partial charge in [-0.05, 0) is 19.3 Å². The van der Waals surface area contributed by atoms with Gasteiger partial charge in [-0.15, -0.1) is 0 Å². The molecule has 1 radical (unpaired) electrons. The lowest BCUT2D eigenvalue weighted by Gasteiger charge is -2.12. The van der Waals surface area contributed by atoms with Crippen LogP contribution < -0.4 is 0 Å². The number of esters is 1. The Bertz CT molecular complexity index is 136. The highest BCUT2D eigenvalue weighted by molar-refractivity contribution is 9.09. The van der Waals surface area contributed by atoms with Crippen LogP contribution in [-0.2, 0) is 9.53 Å². The van der Waals surface area contributed by atoms with Crippen molar-refractivity contribution in [3.63, 3.8) is 0 Å². The molecule has 0 aromatic carbocycles. The molecule has 0 aromatic heterocycles. The molecule has 0 amide bonds. The van der Waals surface area contributed by atoms with Gasteiger partial charge in [0.15, 0.2) is 0 Å². The first-order valence-corrected chi connectivity index (χ1v) is 4.28. The molecule has 10 heavy (non-hydrogen) atoms. The number of rotatable bonds is 1. The number of carbonyl (C=O) groups is 1. The maximum absolute atomic E-state index is 10.4. The quantitative estimate of drug-likeness (QED) is 0.482. The average Bonchev–Trinajstić information content (AvgIpc) is 2.15. The van der Waals surface area contributed by atoms with Gasteiger partial charge in [0, 0.05) is 0 Å². The van der Waals surface area contributed by atoms with Crippen molar-refractivity contribution in [1.82, 2.24) is 0 Å². The maximum atomic E-state index is 10.4. The molecule has 0 heterocycles. The Hall–Kier alpha value is -0.0500. The lowest BCUT2D eigenvalue weighted by atomic mass is 10.3. The highest BCUT2D eigenvalue weighted by Gasteiger charge is 2.26. The summed E-state index contributed by atoms with van der Waals surface area (Å²) in [5.74, 6) is -0.420. The summed E-state index contributed by atoms with van der Waals surface area (Å²) in [6, 6.07) is 0. The smallest absolute Gasteiger partial charge is 0.306 e. The normalized spacial score (nSPS) is 32.2. The number of hydrogen-bond acceptors (Lipinski definition) is 2. The van der Waals surface area contributed by atoms with Gasteiger partial charge in [-0.3, -0.25) is 4.79 Å². The zero-order chi connectivity index (χ0) is 7.56. The molecule has 1 fully saturated rings. The van der Waals surface area contributed by atoms with E-state index in [0.29, 0.717) is 4.83 Å². The average molecular weight is 206 g/mol. The molecule has 3 heteroatoms. The molecule has 1 saturated carbocycles. The van der Waals surface area contributed by atoms with E-state index in [2.05, 4.69) is 22.9 Å². The number of halogens is 1. The fourth-order valence-corrected chi connectivity index (χ4v) is 1.88. The van der Waals surface area contributed by atoms with Crippen LogP contribution in [0.3, 0.4) is 0 Å². The molecular formula is C7H10BrO2. The lowest BCUT2D eigenvalue weighted by Crippen LogP contribution is -2.20. The van der Waals surface area contributed by atoms with Crippen LogP contribution in [0.5, 0.6) is 0 Å². The topological polar surface area (TPSA) is 26.3 Å². The lowest BCUT2D eigenvalue weighted by molar-refractivity contribution is -0.142. The molecule has 0 spiro atoms. The SMILES string of the molecule is [CH2]C(=O)OC1CCCC1Br. The maximum Gasteiger partial charge on any atom is 0.306 e. The molecule has 1 aliphatic rings. The van der Waals surface area contributed by atoms with E-state index in [-0.39, 0.29) is 6.10 Å². The molecular weight excluding hydrogens is 196 g/mol. The van der Waals surface area contributed by atoms with Crippen molar-refractivity contribution >= 4 is 21.9 Å². The summed E-state index contributed by atoms with van der Waals surface area (Å²) in [4.78, 5) is 10.7. The third kappa shape index (κ3) is 1.97. The van der Waals surface area contributed by atoms with Crippen molar-refractivity contribution in [3.05, 3.63) is 6.92 Å². The van der Waals surface area contributed by atoms with Crippen LogP contribution in [0, 0.1) is 6.92 Å². The Kier molecular flexibility index (Phi) is 2.72. The van der Waals surface area contributed by atoms with Crippen LogP contribution in [0.15, 0.2) is 0 Å². The summed E-state index contributed by atoms with van der Waals surface area (Å²) in [5.41, 5.74) is 0. The Morgan fingerprint density at radius 3 is 2.70 bits per heavy atom. The molecule has 2 unspecified atom stereocenters. The van der Waals surface area contributed by atoms with Gasteiger partial charge >= 0.3 is 5.97 Å². The van der Waals surface area contributed by atoms with Crippen LogP contribution in [-0.4, -0.2) is 16.9 Å². The summed E-state index contributed by atoms with van der Waals surface area (Å²) < 4.78 is 4.93. The Balaban J connectivity index is 2.33. The fraction of sp³-hybridized carbons (Fsp3) is 0.714. The minimum atomic E-state index is -0.420. The molecule has 0 aromatic rings. The van der Waals surface area contributed by atoms with Crippen molar-refractivity contribution in [2.75, 3.05) is 0 Å². The predicted octanol–water partition coefficient (Wildman–Crippen LogP) is 1.68. The monoisotopic (exact) mass is 205 g/mol. The van der Waals surface area contributed by atoms with E-state index in [0.717, 1.165) is 19.3 Å². The van der Waals surface area contributed by atoms with Crippen molar-refractivity contribution in [1.29, 1.82) is 0 Å². The standard InChI is InChI=1S/C7H10BrO2/c1-5(9)10-7-4-2-3-6(7)8/h6-7H,1-4H2. The summed E-state index contributed by atoms with van der Waals surface area (Å²) in [6.45, 7) is 3.15. The van der Waals surface area contributed by atoms with Gasteiger partial charge in [0.2, 0.25) is 0 Å². The summed E-state index contributed by atoms with van der Waals surface area (Å²) in [7, 11) is 0. The van der Waals surface area contributed by atoms with Crippen LogP contribution in [0.25, 0.3) is 0 Å². The van der Waals surface area contributed by atoms with Gasteiger partial charge in [-0.1, -0.05) is 15.9 Å². The van der Waals surface area contributed by atoms with E-state index in [1.807, 2.05) is 0 Å². The molecule has 57 valence electrons. The molecule has 0 N–H and O–H groups in total. The number of carbonyl (C=O) groups excluding carboxylic acids is 1. The number of alkyl halides is 1. The molecule has 2 nitrogen and oxygen atoms in total. The van der Waals surface area contributed by atoms with E-state index >= 15 is 0 Å². The largest absolute Gasteiger partial charge is 0.461 e. The second-order valence-electron chi connectivity index (χ2n) is 2.48. The Morgan fingerprint density at radius 2 is 2.30 bits per heavy atom. The van der Waals surface area contributed by atoms with E-state index in [4.69, 9.17) is 4.74 Å². The minimum Gasteiger partial charge on any atom is -0.461 e.